The van der Waals surface area contributed by atoms with E-state index < -0.39 is 0 Å². The summed E-state index contributed by atoms with van der Waals surface area (Å²) in [5, 5.41) is 11.9. The number of benzene rings is 1. The van der Waals surface area contributed by atoms with Crippen molar-refractivity contribution in [2.75, 3.05) is 29.2 Å². The van der Waals surface area contributed by atoms with E-state index in [9.17, 15) is 0 Å². The van der Waals surface area contributed by atoms with Crippen molar-refractivity contribution in [3.8, 4) is 0 Å². The number of hydrogen-bond donors (Lipinski definition) is 2. The van der Waals surface area contributed by atoms with Crippen molar-refractivity contribution < 1.29 is 0 Å². The molecule has 6 nitrogen and oxygen atoms in total. The number of thioether (sulfide) groups is 1. The Morgan fingerprint density at radius 3 is 2.61 bits per heavy atom. The van der Waals surface area contributed by atoms with E-state index in [1.165, 1.54) is 5.69 Å². The van der Waals surface area contributed by atoms with E-state index in [0.29, 0.717) is 5.95 Å². The summed E-state index contributed by atoms with van der Waals surface area (Å²) < 4.78 is 0. The quantitative estimate of drug-likeness (QED) is 0.417. The molecule has 0 atom stereocenters. The fraction of sp³-hybridized carbons (Fsp3) is 0.438. The lowest BCUT2D eigenvalue weighted by molar-refractivity contribution is 0.866. The van der Waals surface area contributed by atoms with Crippen LogP contribution in [0.2, 0.25) is 0 Å². The predicted octanol–water partition coefficient (Wildman–Crippen LogP) is 3.60. The minimum Gasteiger partial charge on any atom is -0.372 e. The van der Waals surface area contributed by atoms with Gasteiger partial charge in [-0.1, -0.05) is 30.8 Å². The van der Waals surface area contributed by atoms with Crippen LogP contribution in [-0.4, -0.2) is 40.2 Å². The van der Waals surface area contributed by atoms with Gasteiger partial charge in [0, 0.05) is 24.5 Å². The number of aromatic amines is 1. The summed E-state index contributed by atoms with van der Waals surface area (Å²) in [5.74, 6) is 1.57. The van der Waals surface area contributed by atoms with Gasteiger partial charge in [-0.15, -0.1) is 5.10 Å². The molecule has 124 valence electrons. The summed E-state index contributed by atoms with van der Waals surface area (Å²) in [7, 11) is 0. The van der Waals surface area contributed by atoms with Gasteiger partial charge in [0.15, 0.2) is 0 Å². The third kappa shape index (κ3) is 5.28. The lowest BCUT2D eigenvalue weighted by Crippen LogP contribution is -2.21. The summed E-state index contributed by atoms with van der Waals surface area (Å²) >= 11 is 1.63. The number of hydrogen-bond acceptors (Lipinski definition) is 6. The highest BCUT2D eigenvalue weighted by Gasteiger charge is 2.02. The first kappa shape index (κ1) is 17.3. The molecule has 0 aliphatic rings. The molecule has 2 rings (SSSR count). The molecular weight excluding hydrogens is 308 g/mol. The van der Waals surface area contributed by atoms with Gasteiger partial charge in [0.1, 0.15) is 0 Å². The number of rotatable bonds is 9. The number of anilines is 2. The van der Waals surface area contributed by atoms with Crippen molar-refractivity contribution in [3.63, 3.8) is 0 Å². The average molecular weight is 332 g/mol. The summed E-state index contributed by atoms with van der Waals surface area (Å²) in [4.78, 5) is 6.61. The largest absolute Gasteiger partial charge is 0.372 e. The van der Waals surface area contributed by atoms with Crippen LogP contribution in [0.5, 0.6) is 0 Å². The van der Waals surface area contributed by atoms with E-state index in [1.54, 1.807) is 18.0 Å². The number of nitrogens with one attached hydrogen (secondary N) is 2. The third-order valence-electron chi connectivity index (χ3n) is 3.31. The second kappa shape index (κ2) is 9.19. The second-order valence-corrected chi connectivity index (χ2v) is 6.01. The van der Waals surface area contributed by atoms with Crippen LogP contribution in [0.25, 0.3) is 0 Å². The molecule has 0 amide bonds. The SMILES string of the molecule is CCCSc1n[nH]c(N/N=C\c2ccc(N(CC)CC)cc2)n1. The van der Waals surface area contributed by atoms with E-state index in [0.717, 1.165) is 36.0 Å². The number of aromatic nitrogens is 3. The maximum atomic E-state index is 4.30. The molecule has 2 N–H and O–H groups in total. The van der Waals surface area contributed by atoms with Crippen LogP contribution in [0, 0.1) is 0 Å². The van der Waals surface area contributed by atoms with Crippen molar-refractivity contribution in [2.45, 2.75) is 32.3 Å². The average Bonchev–Trinajstić information content (AvgIpc) is 3.03. The number of hydrazone groups is 1. The molecule has 0 unspecified atom stereocenters. The molecule has 1 aromatic heterocycles. The van der Waals surface area contributed by atoms with Crippen molar-refractivity contribution in [1.29, 1.82) is 0 Å². The molecule has 0 bridgehead atoms. The predicted molar refractivity (Wildman–Crippen MR) is 98.6 cm³/mol. The van der Waals surface area contributed by atoms with Crippen LogP contribution in [0.15, 0.2) is 34.5 Å². The van der Waals surface area contributed by atoms with Gasteiger partial charge < -0.3 is 4.90 Å². The Bertz CT molecular complexity index is 603. The Kier molecular flexibility index (Phi) is 6.93. The van der Waals surface area contributed by atoms with E-state index in [4.69, 9.17) is 0 Å². The zero-order valence-corrected chi connectivity index (χ0v) is 14.7. The van der Waals surface area contributed by atoms with E-state index in [1.807, 2.05) is 0 Å². The lowest BCUT2D eigenvalue weighted by Gasteiger charge is -2.20. The zero-order chi connectivity index (χ0) is 16.5. The first-order chi connectivity index (χ1) is 11.3. The molecule has 0 saturated heterocycles. The van der Waals surface area contributed by atoms with E-state index >= 15 is 0 Å². The van der Waals surface area contributed by atoms with Gasteiger partial charge in [-0.3, -0.25) is 0 Å². The molecule has 7 heteroatoms. The molecule has 1 aromatic carbocycles. The van der Waals surface area contributed by atoms with Gasteiger partial charge in [0.2, 0.25) is 11.1 Å². The van der Waals surface area contributed by atoms with Crippen molar-refractivity contribution in [2.24, 2.45) is 5.10 Å². The Morgan fingerprint density at radius 2 is 1.96 bits per heavy atom. The zero-order valence-electron chi connectivity index (χ0n) is 13.9. The van der Waals surface area contributed by atoms with Gasteiger partial charge in [-0.25, -0.2) is 10.5 Å². The molecule has 2 aromatic rings. The third-order valence-corrected chi connectivity index (χ3v) is 4.36. The van der Waals surface area contributed by atoms with Crippen LogP contribution < -0.4 is 10.3 Å². The maximum absolute atomic E-state index is 4.30. The standard InChI is InChI=1S/C16H24N6S/c1-4-11-23-16-18-15(20-21-16)19-17-12-13-7-9-14(10-8-13)22(5-2)6-3/h7-10,12H,4-6,11H2,1-3H3,(H2,18,19,20,21)/b17-12-. The van der Waals surface area contributed by atoms with Gasteiger partial charge in [-0.05, 0) is 38.0 Å². The summed E-state index contributed by atoms with van der Waals surface area (Å²) in [5.41, 5.74) is 5.13. The van der Waals surface area contributed by atoms with Gasteiger partial charge >= 0.3 is 0 Å². The smallest absolute Gasteiger partial charge is 0.240 e. The Labute approximate surface area is 141 Å². The molecule has 0 aliphatic carbocycles. The number of nitrogens with zero attached hydrogens (tertiary/aromatic N) is 4. The van der Waals surface area contributed by atoms with Gasteiger partial charge in [-0.2, -0.15) is 10.1 Å². The summed E-state index contributed by atoms with van der Waals surface area (Å²) in [6.45, 7) is 8.47. The van der Waals surface area contributed by atoms with Crippen molar-refractivity contribution in [1.82, 2.24) is 15.2 Å². The molecule has 0 saturated carbocycles. The highest BCUT2D eigenvalue weighted by Crippen LogP contribution is 2.15. The Morgan fingerprint density at radius 1 is 1.22 bits per heavy atom. The fourth-order valence-electron chi connectivity index (χ4n) is 2.08. The van der Waals surface area contributed by atoms with Crippen LogP contribution in [0.1, 0.15) is 32.8 Å². The van der Waals surface area contributed by atoms with Crippen LogP contribution >= 0.6 is 11.8 Å². The summed E-state index contributed by atoms with van der Waals surface area (Å²) in [6, 6.07) is 8.34. The lowest BCUT2D eigenvalue weighted by atomic mass is 10.2. The molecule has 0 aliphatic heterocycles. The monoisotopic (exact) mass is 332 g/mol. The first-order valence-corrected chi connectivity index (χ1v) is 8.94. The molecule has 1 heterocycles. The highest BCUT2D eigenvalue weighted by atomic mass is 32.2. The molecular formula is C16H24N6S. The second-order valence-electron chi connectivity index (χ2n) is 4.95. The van der Waals surface area contributed by atoms with Crippen LogP contribution in [-0.2, 0) is 0 Å². The minimum atomic E-state index is 0.555. The Hall–Kier alpha value is -2.02. The van der Waals surface area contributed by atoms with Gasteiger partial charge in [0.25, 0.3) is 0 Å². The molecule has 23 heavy (non-hydrogen) atoms. The van der Waals surface area contributed by atoms with Crippen molar-refractivity contribution in [3.05, 3.63) is 29.8 Å². The normalized spacial score (nSPS) is 11.1. The summed E-state index contributed by atoms with van der Waals surface area (Å²) in [6.07, 6.45) is 2.87. The van der Waals surface area contributed by atoms with Gasteiger partial charge in [0.05, 0.1) is 6.21 Å². The Balaban J connectivity index is 1.89. The maximum Gasteiger partial charge on any atom is 0.240 e. The topological polar surface area (TPSA) is 69.2 Å². The van der Waals surface area contributed by atoms with Crippen molar-refractivity contribution >= 4 is 29.6 Å². The highest BCUT2D eigenvalue weighted by molar-refractivity contribution is 7.99. The minimum absolute atomic E-state index is 0.555. The molecule has 0 spiro atoms. The van der Waals surface area contributed by atoms with Crippen LogP contribution in [0.4, 0.5) is 11.6 Å². The molecule has 0 radical (unpaired) electrons. The van der Waals surface area contributed by atoms with Crippen LogP contribution in [0.3, 0.4) is 0 Å². The fourth-order valence-corrected chi connectivity index (χ4v) is 2.73. The van der Waals surface area contributed by atoms with E-state index in [2.05, 4.69) is 75.6 Å². The molecule has 0 fully saturated rings. The first-order valence-electron chi connectivity index (χ1n) is 7.96. The number of H-pyrrole nitrogens is 1. The van der Waals surface area contributed by atoms with E-state index in [-0.39, 0.29) is 0 Å².